The van der Waals surface area contributed by atoms with Gasteiger partial charge in [0.25, 0.3) is 0 Å². The summed E-state index contributed by atoms with van der Waals surface area (Å²) < 4.78 is 15.5. The van der Waals surface area contributed by atoms with Gasteiger partial charge in [-0.3, -0.25) is 9.59 Å². The number of nitrogens with zero attached hydrogens (tertiary/aromatic N) is 2. The van der Waals surface area contributed by atoms with Crippen LogP contribution in [0.3, 0.4) is 0 Å². The Balaban J connectivity index is 1.70. The molecule has 0 spiro atoms. The molecule has 40 heavy (non-hydrogen) atoms. The lowest BCUT2D eigenvalue weighted by Gasteiger charge is -2.16. The topological polar surface area (TPSA) is 119 Å². The first-order chi connectivity index (χ1) is 19.2. The van der Waals surface area contributed by atoms with E-state index in [4.69, 9.17) is 9.47 Å². The van der Waals surface area contributed by atoms with Crippen molar-refractivity contribution in [1.29, 1.82) is 0 Å². The van der Waals surface area contributed by atoms with Crippen LogP contribution in [-0.4, -0.2) is 49.1 Å². The summed E-state index contributed by atoms with van der Waals surface area (Å²) in [7, 11) is 0. The van der Waals surface area contributed by atoms with E-state index < -0.39 is 24.0 Å². The highest BCUT2D eigenvalue weighted by Gasteiger charge is 2.24. The molecule has 10 nitrogen and oxygen atoms in total. The van der Waals surface area contributed by atoms with E-state index in [1.54, 1.807) is 22.7 Å². The number of fused-ring (bicyclic) bond motifs is 4. The van der Waals surface area contributed by atoms with E-state index in [9.17, 15) is 19.2 Å². The molecule has 1 aliphatic rings. The van der Waals surface area contributed by atoms with Crippen LogP contribution in [0.1, 0.15) is 73.5 Å². The number of aromatic nitrogens is 2. The quantitative estimate of drug-likeness (QED) is 0.407. The van der Waals surface area contributed by atoms with Crippen molar-refractivity contribution in [3.63, 3.8) is 0 Å². The normalized spacial score (nSPS) is 20.5. The molecule has 0 unspecified atom stereocenters. The second-order valence-electron chi connectivity index (χ2n) is 10.2. The van der Waals surface area contributed by atoms with Gasteiger partial charge in [-0.05, 0) is 25.7 Å². The zero-order valence-corrected chi connectivity index (χ0v) is 25.6. The van der Waals surface area contributed by atoms with Crippen LogP contribution < -0.4 is 19.8 Å². The Morgan fingerprint density at radius 2 is 1.15 bits per heavy atom. The molecule has 2 aromatic rings. The van der Waals surface area contributed by atoms with E-state index >= 15 is 0 Å². The number of ether oxygens (including phenoxy) is 2. The summed E-state index contributed by atoms with van der Waals surface area (Å²) in [6.45, 7) is 9.00. The second-order valence-corrected chi connectivity index (χ2v) is 12.1. The van der Waals surface area contributed by atoms with Crippen LogP contribution in [0.2, 0.25) is 0 Å². The van der Waals surface area contributed by atoms with E-state index in [0.717, 1.165) is 59.9 Å². The van der Waals surface area contributed by atoms with Gasteiger partial charge in [-0.1, -0.05) is 22.7 Å². The highest BCUT2D eigenvalue weighted by atomic mass is 32.1. The SMILES string of the molecule is CC(=O)N[C@H]1CCCC[n+]2csc(c2C)CCOC(=O)[C@@H](NC(C)=O)CCCC[n+]2csc(c2C)CCOC1=O. The molecule has 0 saturated carbocycles. The van der Waals surface area contributed by atoms with Gasteiger partial charge in [0.15, 0.2) is 11.4 Å². The number of thiazole rings is 2. The van der Waals surface area contributed by atoms with E-state index in [2.05, 4.69) is 30.8 Å². The Morgan fingerprint density at radius 1 is 0.750 bits per heavy atom. The molecule has 220 valence electrons. The van der Waals surface area contributed by atoms with E-state index in [-0.39, 0.29) is 25.0 Å². The number of carbonyl (C=O) groups is 4. The maximum absolute atomic E-state index is 12.8. The fourth-order valence-electron chi connectivity index (χ4n) is 4.76. The number of esters is 2. The van der Waals surface area contributed by atoms with Gasteiger partial charge >= 0.3 is 11.9 Å². The Morgan fingerprint density at radius 3 is 1.52 bits per heavy atom. The third-order valence-electron chi connectivity index (χ3n) is 7.07. The van der Waals surface area contributed by atoms with Gasteiger partial charge in [0, 0.05) is 53.4 Å². The minimum Gasteiger partial charge on any atom is -0.464 e. The summed E-state index contributed by atoms with van der Waals surface area (Å²) in [6, 6.07) is -1.31. The molecule has 0 radical (unpaired) electrons. The number of aryl methyl sites for hydroxylation is 2. The van der Waals surface area contributed by atoms with Crippen molar-refractivity contribution in [1.82, 2.24) is 10.6 Å². The lowest BCUT2D eigenvalue weighted by atomic mass is 10.1. The molecule has 4 bridgehead atoms. The zero-order chi connectivity index (χ0) is 29.1. The average Bonchev–Trinajstić information content (AvgIpc) is 3.43. The number of amides is 2. The minimum absolute atomic E-state index is 0.248. The lowest BCUT2D eigenvalue weighted by Crippen LogP contribution is -2.41. The monoisotopic (exact) mass is 594 g/mol. The molecule has 3 heterocycles. The zero-order valence-electron chi connectivity index (χ0n) is 24.0. The Hall–Kier alpha value is -2.86. The minimum atomic E-state index is -0.655. The van der Waals surface area contributed by atoms with Crippen LogP contribution >= 0.6 is 22.7 Å². The summed E-state index contributed by atoms with van der Waals surface area (Å²) in [4.78, 5) is 51.3. The van der Waals surface area contributed by atoms with Gasteiger partial charge in [0.1, 0.15) is 25.2 Å². The number of hydrogen-bond donors (Lipinski definition) is 2. The van der Waals surface area contributed by atoms with Gasteiger partial charge in [-0.2, -0.15) is 9.13 Å². The summed E-state index contributed by atoms with van der Waals surface area (Å²) >= 11 is 3.24. The molecule has 2 atom stereocenters. The van der Waals surface area contributed by atoms with Crippen molar-refractivity contribution in [3.8, 4) is 0 Å². The molecule has 0 saturated heterocycles. The first kappa shape index (κ1) is 31.7. The van der Waals surface area contributed by atoms with Crippen molar-refractivity contribution in [2.24, 2.45) is 0 Å². The molecule has 0 aliphatic carbocycles. The fraction of sp³-hybridized carbons (Fsp3) is 0.643. The highest BCUT2D eigenvalue weighted by Crippen LogP contribution is 2.15. The van der Waals surface area contributed by atoms with Crippen LogP contribution in [-0.2, 0) is 54.6 Å². The molecule has 3 rings (SSSR count). The standard InChI is InChI=1S/C28H40N4O6S2/c1-19-25-11-15-37-27(35)24(30-22(4)34)10-6-8-14-32-18-40-26(20(32)2)12-16-38-28(36)23(29-21(3)33)9-5-7-13-31(19)17-39-25/h17-18,23-24H,5-16H2,1-4H3/p+2/t23-,24-/m0/s1. The largest absolute Gasteiger partial charge is 0.464 e. The number of cyclic esters (lactones) is 2. The summed E-state index contributed by atoms with van der Waals surface area (Å²) in [5.41, 5.74) is 6.36. The van der Waals surface area contributed by atoms with E-state index in [1.807, 2.05) is 13.8 Å². The van der Waals surface area contributed by atoms with Crippen molar-refractivity contribution < 1.29 is 37.8 Å². The smallest absolute Gasteiger partial charge is 0.328 e. The van der Waals surface area contributed by atoms with Crippen LogP contribution in [0, 0.1) is 13.8 Å². The molecular formula is C28H42N4O6S2+2. The van der Waals surface area contributed by atoms with Gasteiger partial charge in [0.2, 0.25) is 22.8 Å². The molecule has 0 aromatic carbocycles. The van der Waals surface area contributed by atoms with Gasteiger partial charge < -0.3 is 20.1 Å². The first-order valence-corrected chi connectivity index (χ1v) is 15.7. The molecule has 2 amide bonds. The predicted octanol–water partition coefficient (Wildman–Crippen LogP) is 2.24. The number of rotatable bonds is 2. The molecule has 12 heteroatoms. The molecule has 2 aromatic heterocycles. The van der Waals surface area contributed by atoms with Crippen molar-refractivity contribution in [2.75, 3.05) is 13.2 Å². The molecular weight excluding hydrogens is 552 g/mol. The van der Waals surface area contributed by atoms with Crippen molar-refractivity contribution in [3.05, 3.63) is 32.2 Å². The maximum Gasteiger partial charge on any atom is 0.328 e. The average molecular weight is 595 g/mol. The summed E-state index contributed by atoms with van der Waals surface area (Å²) in [6.07, 6.45) is 5.42. The van der Waals surface area contributed by atoms with Crippen LogP contribution in [0.5, 0.6) is 0 Å². The van der Waals surface area contributed by atoms with E-state index in [1.165, 1.54) is 13.8 Å². The third-order valence-corrected chi connectivity index (χ3v) is 9.36. The predicted molar refractivity (Wildman–Crippen MR) is 151 cm³/mol. The molecule has 2 N–H and O–H groups in total. The number of nitrogens with one attached hydrogen (secondary N) is 2. The summed E-state index contributed by atoms with van der Waals surface area (Å²) in [5.74, 6) is -1.28. The van der Waals surface area contributed by atoms with Crippen LogP contribution in [0.25, 0.3) is 0 Å². The second kappa shape index (κ2) is 15.8. The molecule has 0 fully saturated rings. The van der Waals surface area contributed by atoms with Gasteiger partial charge in [-0.15, -0.1) is 0 Å². The van der Waals surface area contributed by atoms with Gasteiger partial charge in [0.05, 0.1) is 23.0 Å². The Bertz CT molecular complexity index is 1090. The van der Waals surface area contributed by atoms with E-state index in [0.29, 0.717) is 25.7 Å². The fourth-order valence-corrected chi connectivity index (χ4v) is 6.78. The number of carbonyl (C=O) groups excluding carboxylic acids is 4. The molecule has 1 aliphatic heterocycles. The Kier molecular flexibility index (Phi) is 12.5. The van der Waals surface area contributed by atoms with Crippen molar-refractivity contribution >= 4 is 46.4 Å². The highest BCUT2D eigenvalue weighted by molar-refractivity contribution is 7.09. The number of hydrogen-bond acceptors (Lipinski definition) is 8. The Labute approximate surface area is 244 Å². The van der Waals surface area contributed by atoms with Crippen LogP contribution in [0.15, 0.2) is 11.0 Å². The lowest BCUT2D eigenvalue weighted by molar-refractivity contribution is -0.698. The van der Waals surface area contributed by atoms with Gasteiger partial charge in [-0.25, -0.2) is 9.59 Å². The maximum atomic E-state index is 12.8. The first-order valence-electron chi connectivity index (χ1n) is 14.0. The third kappa shape index (κ3) is 9.65. The summed E-state index contributed by atoms with van der Waals surface area (Å²) in [5, 5.41) is 5.50. The van der Waals surface area contributed by atoms with Crippen LogP contribution in [0.4, 0.5) is 0 Å². The van der Waals surface area contributed by atoms with Crippen molar-refractivity contribution in [2.45, 2.75) is 104 Å².